The number of carbonyl (C=O) groups is 1. The molecular formula is C23H25N5O3. The highest BCUT2D eigenvalue weighted by atomic mass is 16.5. The fourth-order valence-electron chi connectivity index (χ4n) is 4.16. The second kappa shape index (κ2) is 8.51. The Morgan fingerprint density at radius 1 is 1.06 bits per heavy atom. The first-order valence-electron chi connectivity index (χ1n) is 10.1. The van der Waals surface area contributed by atoms with Crippen LogP contribution < -0.4 is 16.4 Å². The standard InChI is InChI=1S/C23H25N5O3/c24-21-19(14-18(26-27-21)17-8-4-5-9-20(17)29)28-12-10-23(11-13-28,15-31-22(25)30)16-6-2-1-3-7-16/h1-9,14,29H,10-13,15H2,(H2,24,27)(H2,25,30). The maximum absolute atomic E-state index is 11.3. The fraction of sp³-hybridized carbons (Fsp3) is 0.261. The summed E-state index contributed by atoms with van der Waals surface area (Å²) in [4.78, 5) is 13.4. The van der Waals surface area contributed by atoms with Crippen LogP contribution >= 0.6 is 0 Å². The largest absolute Gasteiger partial charge is 0.507 e. The van der Waals surface area contributed by atoms with E-state index in [1.807, 2.05) is 30.3 Å². The van der Waals surface area contributed by atoms with Crippen molar-refractivity contribution in [3.8, 4) is 17.0 Å². The summed E-state index contributed by atoms with van der Waals surface area (Å²) >= 11 is 0. The number of hydrogen-bond acceptors (Lipinski definition) is 7. The summed E-state index contributed by atoms with van der Waals surface area (Å²) in [6, 6.07) is 18.9. The van der Waals surface area contributed by atoms with Crippen molar-refractivity contribution in [1.29, 1.82) is 0 Å². The number of primary amides is 1. The molecule has 2 heterocycles. The Morgan fingerprint density at radius 3 is 2.42 bits per heavy atom. The minimum atomic E-state index is -0.771. The Balaban J connectivity index is 1.59. The zero-order valence-corrected chi connectivity index (χ0v) is 17.1. The molecule has 8 heteroatoms. The number of nitrogens with zero attached hydrogens (tertiary/aromatic N) is 3. The highest BCUT2D eigenvalue weighted by Crippen LogP contribution is 2.39. The van der Waals surface area contributed by atoms with Crippen LogP contribution in [0.1, 0.15) is 18.4 Å². The molecule has 160 valence electrons. The van der Waals surface area contributed by atoms with E-state index in [4.69, 9.17) is 16.2 Å². The van der Waals surface area contributed by atoms with Crippen molar-refractivity contribution < 1.29 is 14.6 Å². The summed E-state index contributed by atoms with van der Waals surface area (Å²) in [5, 5.41) is 18.4. The molecule has 2 aromatic carbocycles. The predicted molar refractivity (Wildman–Crippen MR) is 119 cm³/mol. The Bertz CT molecular complexity index is 1070. The van der Waals surface area contributed by atoms with Gasteiger partial charge in [0.1, 0.15) is 12.4 Å². The van der Waals surface area contributed by atoms with Crippen LogP contribution in [0, 0.1) is 0 Å². The molecule has 1 saturated heterocycles. The van der Waals surface area contributed by atoms with Crippen molar-refractivity contribution in [3.63, 3.8) is 0 Å². The molecule has 5 N–H and O–H groups in total. The fourth-order valence-corrected chi connectivity index (χ4v) is 4.16. The molecule has 0 bridgehead atoms. The maximum Gasteiger partial charge on any atom is 0.404 e. The van der Waals surface area contributed by atoms with Gasteiger partial charge < -0.3 is 26.2 Å². The topological polar surface area (TPSA) is 128 Å². The first-order valence-corrected chi connectivity index (χ1v) is 10.1. The monoisotopic (exact) mass is 419 g/mol. The number of rotatable bonds is 5. The van der Waals surface area contributed by atoms with Gasteiger partial charge in [0.25, 0.3) is 0 Å². The number of ether oxygens (including phenoxy) is 1. The number of nitrogens with two attached hydrogens (primary N) is 2. The SMILES string of the molecule is NC(=O)OCC1(c2ccccc2)CCN(c2cc(-c3ccccc3O)nnc2N)CC1. The van der Waals surface area contributed by atoms with E-state index >= 15 is 0 Å². The highest BCUT2D eigenvalue weighted by molar-refractivity contribution is 5.74. The van der Waals surface area contributed by atoms with Gasteiger partial charge in [-0.15, -0.1) is 10.2 Å². The van der Waals surface area contributed by atoms with Gasteiger partial charge in [0, 0.05) is 24.1 Å². The van der Waals surface area contributed by atoms with Crippen LogP contribution in [0.25, 0.3) is 11.3 Å². The molecule has 1 fully saturated rings. The molecule has 0 atom stereocenters. The van der Waals surface area contributed by atoms with E-state index in [0.29, 0.717) is 30.2 Å². The summed E-state index contributed by atoms with van der Waals surface area (Å²) in [7, 11) is 0. The van der Waals surface area contributed by atoms with E-state index < -0.39 is 6.09 Å². The predicted octanol–water partition coefficient (Wildman–Crippen LogP) is 3.06. The van der Waals surface area contributed by atoms with E-state index in [1.165, 1.54) is 0 Å². The zero-order valence-electron chi connectivity index (χ0n) is 17.1. The van der Waals surface area contributed by atoms with Crippen molar-refractivity contribution in [3.05, 3.63) is 66.2 Å². The lowest BCUT2D eigenvalue weighted by molar-refractivity contribution is 0.112. The number of anilines is 2. The number of nitrogen functional groups attached to an aromatic ring is 1. The Hall–Kier alpha value is -3.81. The van der Waals surface area contributed by atoms with Gasteiger partial charge in [0.2, 0.25) is 0 Å². The molecule has 3 aromatic rings. The van der Waals surface area contributed by atoms with Crippen molar-refractivity contribution in [2.24, 2.45) is 5.73 Å². The molecule has 8 nitrogen and oxygen atoms in total. The van der Waals surface area contributed by atoms with Gasteiger partial charge in [-0.1, -0.05) is 42.5 Å². The number of hydrogen-bond donors (Lipinski definition) is 3. The smallest absolute Gasteiger partial charge is 0.404 e. The molecule has 0 spiro atoms. The molecule has 1 aliphatic rings. The minimum Gasteiger partial charge on any atom is -0.507 e. The van der Waals surface area contributed by atoms with Crippen LogP contribution in [-0.2, 0) is 10.2 Å². The average Bonchev–Trinajstić information content (AvgIpc) is 2.80. The Labute approximate surface area is 180 Å². The lowest BCUT2D eigenvalue weighted by atomic mass is 9.73. The van der Waals surface area contributed by atoms with Crippen LogP contribution in [0.4, 0.5) is 16.3 Å². The molecule has 4 rings (SSSR count). The third-order valence-electron chi connectivity index (χ3n) is 5.92. The summed E-state index contributed by atoms with van der Waals surface area (Å²) in [6.45, 7) is 1.60. The van der Waals surface area contributed by atoms with Crippen LogP contribution in [-0.4, -0.2) is 41.1 Å². The first kappa shape index (κ1) is 20.5. The molecular weight excluding hydrogens is 394 g/mol. The summed E-state index contributed by atoms with van der Waals surface area (Å²) in [6.07, 6.45) is 0.725. The summed E-state index contributed by atoms with van der Waals surface area (Å²) < 4.78 is 5.24. The van der Waals surface area contributed by atoms with E-state index in [9.17, 15) is 9.90 Å². The second-order valence-electron chi connectivity index (χ2n) is 7.76. The number of aromatic hydroxyl groups is 1. The lowest BCUT2D eigenvalue weighted by Gasteiger charge is -2.42. The number of piperidine rings is 1. The Kier molecular flexibility index (Phi) is 5.62. The number of amides is 1. The zero-order chi connectivity index (χ0) is 21.8. The molecule has 0 saturated carbocycles. The molecule has 0 aliphatic carbocycles. The van der Waals surface area contributed by atoms with E-state index in [1.54, 1.807) is 18.2 Å². The average molecular weight is 419 g/mol. The summed E-state index contributed by atoms with van der Waals surface area (Å²) in [5.41, 5.74) is 14.1. The van der Waals surface area contributed by atoms with Crippen molar-refractivity contribution in [1.82, 2.24) is 10.2 Å². The molecule has 31 heavy (non-hydrogen) atoms. The highest BCUT2D eigenvalue weighted by Gasteiger charge is 2.38. The third-order valence-corrected chi connectivity index (χ3v) is 5.92. The van der Waals surface area contributed by atoms with Crippen molar-refractivity contribution in [2.75, 3.05) is 30.3 Å². The van der Waals surface area contributed by atoms with Crippen LogP contribution in [0.2, 0.25) is 0 Å². The molecule has 1 amide bonds. The number of benzene rings is 2. The van der Waals surface area contributed by atoms with Crippen molar-refractivity contribution >= 4 is 17.6 Å². The normalized spacial score (nSPS) is 15.4. The molecule has 0 radical (unpaired) electrons. The second-order valence-corrected chi connectivity index (χ2v) is 7.76. The van der Waals surface area contributed by atoms with Crippen molar-refractivity contribution in [2.45, 2.75) is 18.3 Å². The van der Waals surface area contributed by atoms with E-state index in [-0.39, 0.29) is 17.8 Å². The number of phenolic OH excluding ortho intramolecular Hbond substituents is 1. The van der Waals surface area contributed by atoms with Gasteiger partial charge in [0.05, 0.1) is 11.4 Å². The van der Waals surface area contributed by atoms with Gasteiger partial charge in [-0.25, -0.2) is 4.79 Å². The van der Waals surface area contributed by atoms with Crippen LogP contribution in [0.5, 0.6) is 5.75 Å². The summed E-state index contributed by atoms with van der Waals surface area (Å²) in [5.74, 6) is 0.470. The van der Waals surface area contributed by atoms with E-state index in [2.05, 4.69) is 27.2 Å². The van der Waals surface area contributed by atoms with E-state index in [0.717, 1.165) is 24.1 Å². The minimum absolute atomic E-state index is 0.137. The molecule has 1 aliphatic heterocycles. The number of carbonyl (C=O) groups excluding carboxylic acids is 1. The third kappa shape index (κ3) is 4.23. The van der Waals surface area contributed by atoms with Crippen LogP contribution in [0.15, 0.2) is 60.7 Å². The number of phenols is 1. The maximum atomic E-state index is 11.3. The number of aromatic nitrogens is 2. The molecule has 0 unspecified atom stereocenters. The molecule has 1 aromatic heterocycles. The lowest BCUT2D eigenvalue weighted by Crippen LogP contribution is -2.46. The quantitative estimate of drug-likeness (QED) is 0.580. The first-order chi connectivity index (χ1) is 15.0. The van der Waals surface area contributed by atoms with Gasteiger partial charge in [-0.3, -0.25) is 0 Å². The van der Waals surface area contributed by atoms with Crippen LogP contribution in [0.3, 0.4) is 0 Å². The van der Waals surface area contributed by atoms with Gasteiger partial charge in [-0.05, 0) is 36.6 Å². The van der Waals surface area contributed by atoms with Gasteiger partial charge in [0.15, 0.2) is 5.82 Å². The van der Waals surface area contributed by atoms with Gasteiger partial charge >= 0.3 is 6.09 Å². The van der Waals surface area contributed by atoms with Gasteiger partial charge in [-0.2, -0.15) is 0 Å². The Morgan fingerprint density at radius 2 is 1.74 bits per heavy atom. The number of para-hydroxylation sites is 1.